The summed E-state index contributed by atoms with van der Waals surface area (Å²) in [4.78, 5) is 23.0. The molecule has 0 aromatic heterocycles. The van der Waals surface area contributed by atoms with Crippen LogP contribution in [0.1, 0.15) is 31.2 Å². The fraction of sp³-hybridized carbons (Fsp3) is 0.438. The summed E-state index contributed by atoms with van der Waals surface area (Å²) in [6.45, 7) is -3.07. The monoisotopic (exact) mass is 353 g/mol. The average molecular weight is 353 g/mol. The normalized spacial score (nSPS) is 19.8. The van der Waals surface area contributed by atoms with Crippen LogP contribution in [0, 0.1) is 17.2 Å². The number of alkyl halides is 2. The number of carbonyl (C=O) groups is 2. The summed E-state index contributed by atoms with van der Waals surface area (Å²) in [6.07, 6.45) is 1.96. The van der Waals surface area contributed by atoms with Crippen molar-refractivity contribution in [1.29, 1.82) is 5.26 Å². The van der Waals surface area contributed by atoms with Gasteiger partial charge in [0.2, 0.25) is 0 Å². The fourth-order valence-corrected chi connectivity index (χ4v) is 2.72. The molecule has 1 aromatic rings. The minimum Gasteiger partial charge on any atom is -0.481 e. The van der Waals surface area contributed by atoms with Gasteiger partial charge in [-0.15, -0.1) is 0 Å². The highest BCUT2D eigenvalue weighted by atomic mass is 19.3. The number of halogens is 2. The van der Waals surface area contributed by atoms with Crippen molar-refractivity contribution >= 4 is 17.7 Å². The van der Waals surface area contributed by atoms with Gasteiger partial charge in [-0.25, -0.2) is 4.79 Å². The lowest BCUT2D eigenvalue weighted by molar-refractivity contribution is -0.142. The lowest BCUT2D eigenvalue weighted by atomic mass is 9.86. The minimum atomic E-state index is -3.07. The van der Waals surface area contributed by atoms with Crippen LogP contribution >= 0.6 is 0 Å². The van der Waals surface area contributed by atoms with Crippen molar-refractivity contribution in [2.75, 3.05) is 5.32 Å². The van der Waals surface area contributed by atoms with Crippen LogP contribution in [0.5, 0.6) is 5.75 Å². The number of hydrogen-bond donors (Lipinski definition) is 3. The van der Waals surface area contributed by atoms with Gasteiger partial charge in [0, 0.05) is 6.04 Å². The van der Waals surface area contributed by atoms with Crippen LogP contribution in [0.15, 0.2) is 18.2 Å². The van der Waals surface area contributed by atoms with E-state index in [4.69, 9.17) is 10.4 Å². The first kappa shape index (κ1) is 18.4. The Bertz CT molecular complexity index is 682. The van der Waals surface area contributed by atoms with Gasteiger partial charge in [0.15, 0.2) is 0 Å². The van der Waals surface area contributed by atoms with Crippen molar-refractivity contribution in [3.63, 3.8) is 0 Å². The van der Waals surface area contributed by atoms with E-state index in [2.05, 4.69) is 15.4 Å². The number of carbonyl (C=O) groups excluding carboxylic acids is 1. The highest BCUT2D eigenvalue weighted by Crippen LogP contribution is 2.28. The maximum atomic E-state index is 12.4. The van der Waals surface area contributed by atoms with Crippen LogP contribution in [0.2, 0.25) is 0 Å². The molecular formula is C16H17F2N3O4. The molecule has 0 radical (unpaired) electrons. The van der Waals surface area contributed by atoms with Gasteiger partial charge in [-0.2, -0.15) is 14.0 Å². The molecule has 1 aromatic carbocycles. The Balaban J connectivity index is 1.98. The SMILES string of the molecule is N#Cc1ccc(OC(F)F)c(NC(=O)NC2CCC(C(=O)O)CC2)c1. The van der Waals surface area contributed by atoms with Crippen molar-refractivity contribution < 1.29 is 28.2 Å². The first-order valence-corrected chi connectivity index (χ1v) is 7.68. The van der Waals surface area contributed by atoms with E-state index in [-0.39, 0.29) is 23.0 Å². The molecule has 1 saturated carbocycles. The van der Waals surface area contributed by atoms with Crippen molar-refractivity contribution in [3.05, 3.63) is 23.8 Å². The van der Waals surface area contributed by atoms with Gasteiger partial charge in [-0.05, 0) is 43.9 Å². The van der Waals surface area contributed by atoms with Crippen LogP contribution in [-0.2, 0) is 4.79 Å². The predicted molar refractivity (Wildman–Crippen MR) is 83.3 cm³/mol. The molecule has 0 atom stereocenters. The molecule has 0 saturated heterocycles. The number of amides is 2. The predicted octanol–water partition coefficient (Wildman–Crippen LogP) is 2.92. The Hall–Kier alpha value is -2.89. The summed E-state index contributed by atoms with van der Waals surface area (Å²) in [5.74, 6) is -1.50. The number of rotatable bonds is 5. The maximum Gasteiger partial charge on any atom is 0.387 e. The third-order valence-electron chi connectivity index (χ3n) is 3.98. The largest absolute Gasteiger partial charge is 0.481 e. The number of nitriles is 1. The molecule has 1 aliphatic rings. The molecule has 0 spiro atoms. The fourth-order valence-electron chi connectivity index (χ4n) is 2.72. The van der Waals surface area contributed by atoms with E-state index in [0.717, 1.165) is 0 Å². The van der Waals surface area contributed by atoms with E-state index < -0.39 is 24.5 Å². The second-order valence-electron chi connectivity index (χ2n) is 5.69. The lowest BCUT2D eigenvalue weighted by Gasteiger charge is -2.27. The molecule has 0 unspecified atom stereocenters. The third-order valence-corrected chi connectivity index (χ3v) is 3.98. The van der Waals surface area contributed by atoms with Crippen LogP contribution in [0.4, 0.5) is 19.3 Å². The number of aliphatic carboxylic acids is 1. The number of nitrogens with one attached hydrogen (secondary N) is 2. The van der Waals surface area contributed by atoms with Gasteiger partial charge >= 0.3 is 18.6 Å². The number of nitrogens with zero attached hydrogens (tertiary/aromatic N) is 1. The summed E-state index contributed by atoms with van der Waals surface area (Å²) in [5.41, 5.74) is 0.134. The number of carboxylic acids is 1. The number of urea groups is 1. The zero-order valence-corrected chi connectivity index (χ0v) is 13.2. The minimum absolute atomic E-state index is 0.0453. The molecule has 1 aliphatic carbocycles. The highest BCUT2D eigenvalue weighted by Gasteiger charge is 2.26. The number of ether oxygens (including phenoxy) is 1. The topological polar surface area (TPSA) is 111 Å². The molecule has 1 fully saturated rings. The summed E-state index contributed by atoms with van der Waals surface area (Å²) in [5, 5.41) is 22.9. The van der Waals surface area contributed by atoms with Gasteiger partial charge < -0.3 is 20.5 Å². The van der Waals surface area contributed by atoms with Gasteiger partial charge in [0.1, 0.15) is 5.75 Å². The molecule has 2 amide bonds. The van der Waals surface area contributed by atoms with E-state index in [1.54, 1.807) is 0 Å². The van der Waals surface area contributed by atoms with Crippen molar-refractivity contribution in [2.24, 2.45) is 5.92 Å². The summed E-state index contributed by atoms with van der Waals surface area (Å²) in [6, 6.07) is 4.73. The molecule has 134 valence electrons. The average Bonchev–Trinajstić information content (AvgIpc) is 2.56. The van der Waals surface area contributed by atoms with Crippen molar-refractivity contribution in [2.45, 2.75) is 38.3 Å². The van der Waals surface area contributed by atoms with E-state index in [9.17, 15) is 18.4 Å². The number of hydrogen-bond acceptors (Lipinski definition) is 4. The molecule has 3 N–H and O–H groups in total. The van der Waals surface area contributed by atoms with Gasteiger partial charge in [0.25, 0.3) is 0 Å². The Labute approximate surface area is 142 Å². The quantitative estimate of drug-likeness (QED) is 0.753. The van der Waals surface area contributed by atoms with E-state index in [1.807, 2.05) is 6.07 Å². The van der Waals surface area contributed by atoms with E-state index in [0.29, 0.717) is 25.7 Å². The zero-order chi connectivity index (χ0) is 18.4. The molecule has 9 heteroatoms. The lowest BCUT2D eigenvalue weighted by Crippen LogP contribution is -2.41. The molecule has 0 heterocycles. The Morgan fingerprint density at radius 3 is 2.52 bits per heavy atom. The van der Waals surface area contributed by atoms with Crippen LogP contribution < -0.4 is 15.4 Å². The summed E-state index contributed by atoms with van der Waals surface area (Å²) < 4.78 is 29.2. The zero-order valence-electron chi connectivity index (χ0n) is 13.2. The number of benzene rings is 1. The standard InChI is InChI=1S/C16H17F2N3O4/c17-15(18)25-13-6-1-9(8-19)7-12(13)21-16(24)20-11-4-2-10(3-5-11)14(22)23/h1,6-7,10-11,15H,2-5H2,(H,22,23)(H2,20,21,24). The van der Waals surface area contributed by atoms with Gasteiger partial charge in [-0.1, -0.05) is 0 Å². The highest BCUT2D eigenvalue weighted by molar-refractivity contribution is 5.91. The molecule has 2 rings (SSSR count). The van der Waals surface area contributed by atoms with E-state index >= 15 is 0 Å². The Morgan fingerprint density at radius 2 is 1.96 bits per heavy atom. The third kappa shape index (κ3) is 5.31. The Kier molecular flexibility index (Phi) is 6.11. The van der Waals surface area contributed by atoms with Gasteiger partial charge in [0.05, 0.1) is 23.2 Å². The van der Waals surface area contributed by atoms with Crippen molar-refractivity contribution in [1.82, 2.24) is 5.32 Å². The van der Waals surface area contributed by atoms with Crippen molar-refractivity contribution in [3.8, 4) is 11.8 Å². The summed E-state index contributed by atoms with van der Waals surface area (Å²) in [7, 11) is 0. The van der Waals surface area contributed by atoms with Gasteiger partial charge in [-0.3, -0.25) is 4.79 Å². The van der Waals surface area contributed by atoms with Crippen LogP contribution in [0.3, 0.4) is 0 Å². The molecule has 0 bridgehead atoms. The second-order valence-corrected chi connectivity index (χ2v) is 5.69. The van der Waals surface area contributed by atoms with Crippen LogP contribution in [0.25, 0.3) is 0 Å². The maximum absolute atomic E-state index is 12.4. The molecule has 7 nitrogen and oxygen atoms in total. The number of carboxylic acid groups (broad SMARTS) is 1. The first-order chi connectivity index (χ1) is 11.9. The van der Waals surface area contributed by atoms with Crippen LogP contribution in [-0.4, -0.2) is 29.8 Å². The smallest absolute Gasteiger partial charge is 0.387 e. The second kappa shape index (κ2) is 8.28. The first-order valence-electron chi connectivity index (χ1n) is 7.68. The molecule has 25 heavy (non-hydrogen) atoms. The molecule has 0 aliphatic heterocycles. The Morgan fingerprint density at radius 1 is 1.28 bits per heavy atom. The van der Waals surface area contributed by atoms with E-state index in [1.165, 1.54) is 18.2 Å². The summed E-state index contributed by atoms with van der Waals surface area (Å²) >= 11 is 0. The molecular weight excluding hydrogens is 336 g/mol. The number of anilines is 1.